The minimum absolute atomic E-state index is 0.114. The van der Waals surface area contributed by atoms with Gasteiger partial charge in [-0.2, -0.15) is 0 Å². The first-order valence-electron chi connectivity index (χ1n) is 6.51. The van der Waals surface area contributed by atoms with Crippen molar-refractivity contribution in [1.29, 1.82) is 0 Å². The molecule has 1 atom stereocenters. The number of rotatable bonds is 4. The van der Waals surface area contributed by atoms with Crippen molar-refractivity contribution in [2.75, 3.05) is 12.8 Å². The van der Waals surface area contributed by atoms with Crippen LogP contribution in [0, 0.1) is 0 Å². The summed E-state index contributed by atoms with van der Waals surface area (Å²) in [6.07, 6.45) is 0. The van der Waals surface area contributed by atoms with E-state index in [0.29, 0.717) is 17.0 Å². The van der Waals surface area contributed by atoms with E-state index in [-0.39, 0.29) is 11.9 Å². The van der Waals surface area contributed by atoms with E-state index in [1.54, 1.807) is 18.2 Å². The molecule has 0 bridgehead atoms. The van der Waals surface area contributed by atoms with Crippen LogP contribution in [0.1, 0.15) is 28.9 Å². The van der Waals surface area contributed by atoms with Crippen LogP contribution < -0.4 is 15.8 Å². The van der Waals surface area contributed by atoms with E-state index in [4.69, 9.17) is 10.5 Å². The Morgan fingerprint density at radius 3 is 2.71 bits per heavy atom. The highest BCUT2D eigenvalue weighted by molar-refractivity contribution is 9.10. The van der Waals surface area contributed by atoms with Gasteiger partial charge in [0.15, 0.2) is 0 Å². The average molecular weight is 349 g/mol. The van der Waals surface area contributed by atoms with Gasteiger partial charge in [-0.25, -0.2) is 0 Å². The van der Waals surface area contributed by atoms with Crippen LogP contribution in [0.4, 0.5) is 5.69 Å². The van der Waals surface area contributed by atoms with Crippen molar-refractivity contribution in [3.05, 3.63) is 58.1 Å². The molecule has 0 aliphatic rings. The fourth-order valence-corrected chi connectivity index (χ4v) is 2.45. The number of halogens is 1. The van der Waals surface area contributed by atoms with Gasteiger partial charge in [0.1, 0.15) is 5.75 Å². The van der Waals surface area contributed by atoms with Crippen LogP contribution in [0.25, 0.3) is 0 Å². The van der Waals surface area contributed by atoms with Gasteiger partial charge in [0.05, 0.1) is 18.7 Å². The molecule has 5 heteroatoms. The summed E-state index contributed by atoms with van der Waals surface area (Å²) in [5.74, 6) is 0.272. The number of carbonyl (C=O) groups is 1. The zero-order chi connectivity index (χ0) is 15.4. The van der Waals surface area contributed by atoms with Crippen LogP contribution in [0.2, 0.25) is 0 Å². The van der Waals surface area contributed by atoms with Crippen LogP contribution in [0.5, 0.6) is 5.75 Å². The lowest BCUT2D eigenvalue weighted by Crippen LogP contribution is -2.27. The molecular weight excluding hydrogens is 332 g/mol. The molecule has 0 aromatic heterocycles. The van der Waals surface area contributed by atoms with E-state index in [2.05, 4.69) is 21.2 Å². The summed E-state index contributed by atoms with van der Waals surface area (Å²) < 4.78 is 6.18. The molecule has 0 radical (unpaired) electrons. The van der Waals surface area contributed by atoms with Gasteiger partial charge in [-0.05, 0) is 36.8 Å². The van der Waals surface area contributed by atoms with E-state index < -0.39 is 0 Å². The summed E-state index contributed by atoms with van der Waals surface area (Å²) >= 11 is 3.43. The number of nitrogens with one attached hydrogen (secondary N) is 1. The number of nitrogens with two attached hydrogens (primary N) is 1. The number of anilines is 1. The fourth-order valence-electron chi connectivity index (χ4n) is 2.03. The van der Waals surface area contributed by atoms with Crippen molar-refractivity contribution in [2.24, 2.45) is 0 Å². The lowest BCUT2D eigenvalue weighted by molar-refractivity contribution is 0.0937. The summed E-state index contributed by atoms with van der Waals surface area (Å²) in [5.41, 5.74) is 7.74. The topological polar surface area (TPSA) is 64.3 Å². The van der Waals surface area contributed by atoms with Crippen molar-refractivity contribution in [1.82, 2.24) is 5.32 Å². The fraction of sp³-hybridized carbons (Fsp3) is 0.188. The summed E-state index contributed by atoms with van der Waals surface area (Å²) in [6.45, 7) is 1.93. The van der Waals surface area contributed by atoms with Gasteiger partial charge in [0.2, 0.25) is 0 Å². The molecule has 0 saturated carbocycles. The number of ether oxygens (including phenoxy) is 1. The molecule has 0 aliphatic carbocycles. The Bertz CT molecular complexity index is 658. The maximum Gasteiger partial charge on any atom is 0.255 e. The van der Waals surface area contributed by atoms with E-state index in [9.17, 15) is 4.79 Å². The van der Waals surface area contributed by atoms with E-state index in [0.717, 1.165) is 10.0 Å². The Hall–Kier alpha value is -2.01. The molecular formula is C16H17BrN2O2. The summed E-state index contributed by atoms with van der Waals surface area (Å²) in [4.78, 5) is 12.4. The Balaban J connectivity index is 2.18. The molecule has 0 spiro atoms. The molecule has 21 heavy (non-hydrogen) atoms. The normalized spacial score (nSPS) is 11.8. The highest BCUT2D eigenvalue weighted by Crippen LogP contribution is 2.23. The molecule has 4 nitrogen and oxygen atoms in total. The van der Waals surface area contributed by atoms with E-state index >= 15 is 0 Å². The molecule has 2 rings (SSSR count). The molecule has 2 aromatic rings. The number of methoxy groups -OCH3 is 1. The lowest BCUT2D eigenvalue weighted by atomic mass is 10.1. The van der Waals surface area contributed by atoms with Crippen LogP contribution in [-0.2, 0) is 0 Å². The minimum Gasteiger partial charge on any atom is -0.496 e. The quantitative estimate of drug-likeness (QED) is 0.830. The average Bonchev–Trinajstić information content (AvgIpc) is 2.46. The predicted octanol–water partition coefficient (Wildman–Crippen LogP) is 3.53. The van der Waals surface area contributed by atoms with Gasteiger partial charge in [-0.3, -0.25) is 4.79 Å². The summed E-state index contributed by atoms with van der Waals surface area (Å²) in [7, 11) is 1.52. The summed E-state index contributed by atoms with van der Waals surface area (Å²) in [5, 5.41) is 2.95. The molecule has 3 N–H and O–H groups in total. The van der Waals surface area contributed by atoms with Gasteiger partial charge in [0.25, 0.3) is 5.91 Å². The van der Waals surface area contributed by atoms with Gasteiger partial charge in [-0.1, -0.05) is 28.1 Å². The first-order valence-corrected chi connectivity index (χ1v) is 7.30. The van der Waals surface area contributed by atoms with Crippen LogP contribution in [-0.4, -0.2) is 13.0 Å². The molecule has 0 aliphatic heterocycles. The zero-order valence-electron chi connectivity index (χ0n) is 11.9. The molecule has 2 aromatic carbocycles. The second kappa shape index (κ2) is 6.63. The molecule has 0 fully saturated rings. The second-order valence-electron chi connectivity index (χ2n) is 4.71. The molecule has 1 amide bonds. The van der Waals surface area contributed by atoms with Crippen LogP contribution in [0.15, 0.2) is 46.9 Å². The van der Waals surface area contributed by atoms with E-state index in [1.807, 2.05) is 31.2 Å². The monoisotopic (exact) mass is 348 g/mol. The number of carbonyl (C=O) groups excluding carboxylic acids is 1. The SMILES string of the molecule is COc1cc(N)ccc1C(=O)N[C@@H](C)c1cccc(Br)c1. The third-order valence-corrected chi connectivity index (χ3v) is 3.66. The molecule has 0 heterocycles. The zero-order valence-corrected chi connectivity index (χ0v) is 13.5. The number of nitrogen functional groups attached to an aromatic ring is 1. The highest BCUT2D eigenvalue weighted by Gasteiger charge is 2.15. The van der Waals surface area contributed by atoms with Crippen molar-refractivity contribution in [2.45, 2.75) is 13.0 Å². The number of hydrogen-bond acceptors (Lipinski definition) is 3. The van der Waals surface area contributed by atoms with Crippen LogP contribution in [0.3, 0.4) is 0 Å². The molecule has 110 valence electrons. The number of benzene rings is 2. The largest absolute Gasteiger partial charge is 0.496 e. The smallest absolute Gasteiger partial charge is 0.255 e. The first kappa shape index (κ1) is 15.4. The molecule has 0 saturated heterocycles. The third-order valence-electron chi connectivity index (χ3n) is 3.17. The maximum absolute atomic E-state index is 12.4. The van der Waals surface area contributed by atoms with Gasteiger partial charge in [-0.15, -0.1) is 0 Å². The van der Waals surface area contributed by atoms with Crippen molar-refractivity contribution >= 4 is 27.5 Å². The molecule has 0 unspecified atom stereocenters. The maximum atomic E-state index is 12.4. The first-order chi connectivity index (χ1) is 10.0. The number of amides is 1. The predicted molar refractivity (Wildman–Crippen MR) is 87.4 cm³/mol. The van der Waals surface area contributed by atoms with Gasteiger partial charge < -0.3 is 15.8 Å². The summed E-state index contributed by atoms with van der Waals surface area (Å²) in [6, 6.07) is 12.7. The second-order valence-corrected chi connectivity index (χ2v) is 5.63. The van der Waals surface area contributed by atoms with E-state index in [1.165, 1.54) is 7.11 Å². The van der Waals surface area contributed by atoms with Crippen LogP contribution >= 0.6 is 15.9 Å². The van der Waals surface area contributed by atoms with Crippen molar-refractivity contribution < 1.29 is 9.53 Å². The van der Waals surface area contributed by atoms with Crippen molar-refractivity contribution in [3.63, 3.8) is 0 Å². The van der Waals surface area contributed by atoms with Gasteiger partial charge in [0, 0.05) is 16.2 Å². The van der Waals surface area contributed by atoms with Crippen molar-refractivity contribution in [3.8, 4) is 5.75 Å². The Labute approximate surface area is 132 Å². The minimum atomic E-state index is -0.195. The Morgan fingerprint density at radius 1 is 1.29 bits per heavy atom. The lowest BCUT2D eigenvalue weighted by Gasteiger charge is -2.16. The van der Waals surface area contributed by atoms with Gasteiger partial charge >= 0.3 is 0 Å². The highest BCUT2D eigenvalue weighted by atomic mass is 79.9. The standard InChI is InChI=1S/C16H17BrN2O2/c1-10(11-4-3-5-12(17)8-11)19-16(20)14-7-6-13(18)9-15(14)21-2/h3-10H,18H2,1-2H3,(H,19,20)/t10-/m0/s1. The Morgan fingerprint density at radius 2 is 2.05 bits per heavy atom. The Kier molecular flexibility index (Phi) is 4.85. The third kappa shape index (κ3) is 3.76. The number of hydrogen-bond donors (Lipinski definition) is 2.